The number of hydrogen-bond donors (Lipinski definition) is 1. The molecule has 4 rings (SSSR count). The zero-order chi connectivity index (χ0) is 18.6. The van der Waals surface area contributed by atoms with E-state index in [1.54, 1.807) is 0 Å². The lowest BCUT2D eigenvalue weighted by Gasteiger charge is -2.31. The number of anilines is 1. The SMILES string of the molecule is O=C(Nc1ccc(C(=O)N2CCC(CCc3ccccc3)CC2)s1)C1CC1. The second kappa shape index (κ2) is 8.26. The molecule has 2 aromatic rings. The lowest BCUT2D eigenvalue weighted by molar-refractivity contribution is -0.117. The van der Waals surface area contributed by atoms with Crippen LogP contribution < -0.4 is 5.32 Å². The molecular weight excluding hydrogens is 356 g/mol. The number of piperidine rings is 1. The highest BCUT2D eigenvalue weighted by Gasteiger charge is 2.30. The zero-order valence-electron chi connectivity index (χ0n) is 15.5. The number of hydrogen-bond acceptors (Lipinski definition) is 3. The van der Waals surface area contributed by atoms with Crippen molar-refractivity contribution in [1.29, 1.82) is 0 Å². The van der Waals surface area contributed by atoms with Gasteiger partial charge in [0.05, 0.1) is 9.88 Å². The summed E-state index contributed by atoms with van der Waals surface area (Å²) in [4.78, 5) is 27.3. The molecule has 1 N–H and O–H groups in total. The second-order valence-electron chi connectivity index (χ2n) is 7.69. The lowest BCUT2D eigenvalue weighted by atomic mass is 9.90. The van der Waals surface area contributed by atoms with Crippen molar-refractivity contribution in [2.24, 2.45) is 11.8 Å². The molecule has 0 unspecified atom stereocenters. The first-order valence-corrected chi connectivity index (χ1v) is 10.7. The van der Waals surface area contributed by atoms with Gasteiger partial charge in [0, 0.05) is 19.0 Å². The van der Waals surface area contributed by atoms with Gasteiger partial charge >= 0.3 is 0 Å². The number of amides is 2. The minimum Gasteiger partial charge on any atom is -0.338 e. The first kappa shape index (κ1) is 18.2. The summed E-state index contributed by atoms with van der Waals surface area (Å²) >= 11 is 1.39. The number of thiophene rings is 1. The monoisotopic (exact) mass is 382 g/mol. The summed E-state index contributed by atoms with van der Waals surface area (Å²) in [6.07, 6.45) is 6.45. The fourth-order valence-corrected chi connectivity index (χ4v) is 4.56. The van der Waals surface area contributed by atoms with Crippen molar-refractivity contribution < 1.29 is 9.59 Å². The quantitative estimate of drug-likeness (QED) is 0.795. The minimum atomic E-state index is 0.0927. The van der Waals surface area contributed by atoms with E-state index in [0.29, 0.717) is 5.92 Å². The Morgan fingerprint density at radius 3 is 2.44 bits per heavy atom. The Hall–Kier alpha value is -2.14. The molecule has 27 heavy (non-hydrogen) atoms. The van der Waals surface area contributed by atoms with Crippen LogP contribution in [0.1, 0.15) is 47.3 Å². The van der Waals surface area contributed by atoms with Gasteiger partial charge in [0.25, 0.3) is 5.91 Å². The number of nitrogens with one attached hydrogen (secondary N) is 1. The van der Waals surface area contributed by atoms with Gasteiger partial charge in [0.1, 0.15) is 0 Å². The van der Waals surface area contributed by atoms with E-state index in [4.69, 9.17) is 0 Å². The molecule has 2 aliphatic rings. The molecule has 0 radical (unpaired) electrons. The highest BCUT2D eigenvalue weighted by Crippen LogP contribution is 2.32. The van der Waals surface area contributed by atoms with Crippen LogP contribution in [0.2, 0.25) is 0 Å². The number of nitrogens with zero attached hydrogens (tertiary/aromatic N) is 1. The van der Waals surface area contributed by atoms with E-state index in [9.17, 15) is 9.59 Å². The summed E-state index contributed by atoms with van der Waals surface area (Å²) in [6.45, 7) is 1.67. The van der Waals surface area contributed by atoms with Crippen molar-refractivity contribution in [2.75, 3.05) is 18.4 Å². The molecule has 0 spiro atoms. The van der Waals surface area contributed by atoms with Gasteiger partial charge < -0.3 is 10.2 Å². The van der Waals surface area contributed by atoms with Crippen molar-refractivity contribution in [3.63, 3.8) is 0 Å². The summed E-state index contributed by atoms with van der Waals surface area (Å²) in [5.41, 5.74) is 1.40. The van der Waals surface area contributed by atoms with E-state index in [1.807, 2.05) is 17.0 Å². The highest BCUT2D eigenvalue weighted by atomic mass is 32.1. The summed E-state index contributed by atoms with van der Waals surface area (Å²) in [6, 6.07) is 14.3. The minimum absolute atomic E-state index is 0.0927. The molecule has 1 aliphatic carbocycles. The summed E-state index contributed by atoms with van der Waals surface area (Å²) < 4.78 is 0. The van der Waals surface area contributed by atoms with Gasteiger partial charge in [-0.15, -0.1) is 11.3 Å². The number of likely N-dealkylation sites (tertiary alicyclic amines) is 1. The third-order valence-electron chi connectivity index (χ3n) is 5.60. The van der Waals surface area contributed by atoms with Crippen LogP contribution in [0.3, 0.4) is 0 Å². The van der Waals surface area contributed by atoms with E-state index in [-0.39, 0.29) is 17.7 Å². The Balaban J connectivity index is 1.24. The highest BCUT2D eigenvalue weighted by molar-refractivity contribution is 7.18. The Labute approximate surface area is 164 Å². The predicted octanol–water partition coefficient (Wildman–Crippen LogP) is 4.58. The van der Waals surface area contributed by atoms with Crippen LogP contribution in [0.15, 0.2) is 42.5 Å². The van der Waals surface area contributed by atoms with Crippen LogP contribution in [0.5, 0.6) is 0 Å². The van der Waals surface area contributed by atoms with Crippen LogP contribution in [0, 0.1) is 11.8 Å². The summed E-state index contributed by atoms with van der Waals surface area (Å²) in [5, 5.41) is 3.72. The molecule has 2 fully saturated rings. The van der Waals surface area contributed by atoms with Gasteiger partial charge in [-0.25, -0.2) is 0 Å². The number of benzene rings is 1. The first-order chi connectivity index (χ1) is 13.2. The molecule has 2 amide bonds. The molecule has 0 bridgehead atoms. The Morgan fingerprint density at radius 1 is 1.00 bits per heavy atom. The third kappa shape index (κ3) is 4.78. The van der Waals surface area contributed by atoms with Crippen LogP contribution in [0.25, 0.3) is 0 Å². The maximum absolute atomic E-state index is 12.8. The molecule has 1 aliphatic heterocycles. The van der Waals surface area contributed by atoms with Crippen molar-refractivity contribution in [1.82, 2.24) is 4.90 Å². The number of carbonyl (C=O) groups excluding carboxylic acids is 2. The van der Waals surface area contributed by atoms with Gasteiger partial charge in [-0.3, -0.25) is 9.59 Å². The molecule has 2 heterocycles. The topological polar surface area (TPSA) is 49.4 Å². The number of aryl methyl sites for hydroxylation is 1. The van der Waals surface area contributed by atoms with Gasteiger partial charge in [-0.1, -0.05) is 30.3 Å². The van der Waals surface area contributed by atoms with Gasteiger partial charge in [0.2, 0.25) is 5.91 Å². The average molecular weight is 383 g/mol. The van der Waals surface area contributed by atoms with Crippen LogP contribution in [-0.2, 0) is 11.2 Å². The largest absolute Gasteiger partial charge is 0.338 e. The maximum atomic E-state index is 12.8. The van der Waals surface area contributed by atoms with E-state index < -0.39 is 0 Å². The molecule has 142 valence electrons. The van der Waals surface area contributed by atoms with E-state index in [2.05, 4.69) is 35.6 Å². The molecule has 4 nitrogen and oxygen atoms in total. The van der Waals surface area contributed by atoms with Crippen molar-refractivity contribution in [3.8, 4) is 0 Å². The van der Waals surface area contributed by atoms with Crippen molar-refractivity contribution in [2.45, 2.75) is 38.5 Å². The first-order valence-electron chi connectivity index (χ1n) is 9.93. The van der Waals surface area contributed by atoms with Crippen molar-refractivity contribution in [3.05, 3.63) is 52.9 Å². The predicted molar refractivity (Wildman–Crippen MR) is 109 cm³/mol. The molecule has 1 aromatic heterocycles. The van der Waals surface area contributed by atoms with E-state index in [1.165, 1.54) is 23.3 Å². The van der Waals surface area contributed by atoms with Crippen LogP contribution in [0.4, 0.5) is 5.00 Å². The molecule has 5 heteroatoms. The Bertz CT molecular complexity index is 790. The standard InChI is InChI=1S/C22H26N2O2S/c25-21(18-8-9-18)23-20-11-10-19(27-20)22(26)24-14-12-17(13-15-24)7-6-16-4-2-1-3-5-16/h1-5,10-11,17-18H,6-9,12-15H2,(H,23,25). The normalized spacial score (nSPS) is 17.7. The summed E-state index contributed by atoms with van der Waals surface area (Å²) in [5.74, 6) is 1.08. The van der Waals surface area contributed by atoms with Gasteiger partial charge in [-0.05, 0) is 62.1 Å². The maximum Gasteiger partial charge on any atom is 0.263 e. The Morgan fingerprint density at radius 2 is 1.74 bits per heavy atom. The molecule has 1 aromatic carbocycles. The molecule has 0 atom stereocenters. The van der Waals surface area contributed by atoms with Crippen LogP contribution >= 0.6 is 11.3 Å². The number of rotatable bonds is 6. The average Bonchev–Trinajstić information content (AvgIpc) is 3.47. The molecular formula is C22H26N2O2S. The van der Waals surface area contributed by atoms with E-state index in [0.717, 1.165) is 55.1 Å². The second-order valence-corrected chi connectivity index (χ2v) is 8.77. The fourth-order valence-electron chi connectivity index (χ4n) is 3.69. The van der Waals surface area contributed by atoms with E-state index >= 15 is 0 Å². The third-order valence-corrected chi connectivity index (χ3v) is 6.59. The fraction of sp³-hybridized carbons (Fsp3) is 0.455. The molecule has 1 saturated carbocycles. The van der Waals surface area contributed by atoms with Gasteiger partial charge in [0.15, 0.2) is 0 Å². The molecule has 1 saturated heterocycles. The Kier molecular flexibility index (Phi) is 5.58. The smallest absolute Gasteiger partial charge is 0.263 e. The number of carbonyl (C=O) groups is 2. The summed E-state index contributed by atoms with van der Waals surface area (Å²) in [7, 11) is 0. The van der Waals surface area contributed by atoms with Crippen LogP contribution in [-0.4, -0.2) is 29.8 Å². The zero-order valence-corrected chi connectivity index (χ0v) is 16.3. The lowest BCUT2D eigenvalue weighted by Crippen LogP contribution is -2.38. The van der Waals surface area contributed by atoms with Crippen molar-refractivity contribution >= 4 is 28.2 Å². The van der Waals surface area contributed by atoms with Gasteiger partial charge in [-0.2, -0.15) is 0 Å².